The predicted molar refractivity (Wildman–Crippen MR) is 88.0 cm³/mol. The van der Waals surface area contributed by atoms with Crippen LogP contribution in [0.2, 0.25) is 0 Å². The number of fused-ring (bicyclic) bond motifs is 1. The zero-order valence-corrected chi connectivity index (χ0v) is 12.9. The molecule has 0 amide bonds. The molecule has 6 nitrogen and oxygen atoms in total. The number of hydrogen-bond donors (Lipinski definition) is 1. The Morgan fingerprint density at radius 1 is 1.17 bits per heavy atom. The molecule has 1 N–H and O–H groups in total. The first-order chi connectivity index (χ1) is 11.6. The lowest BCUT2D eigenvalue weighted by atomic mass is 10.1. The summed E-state index contributed by atoms with van der Waals surface area (Å²) in [6, 6.07) is 13.0. The molecular formula is C18H14N2O4. The van der Waals surface area contributed by atoms with Gasteiger partial charge in [-0.05, 0) is 31.2 Å². The number of benzene rings is 2. The van der Waals surface area contributed by atoms with Crippen LogP contribution >= 0.6 is 0 Å². The number of carbonyl (C=O) groups excluding carboxylic acids is 2. The Bertz CT molecular complexity index is 961. The number of ether oxygens (including phenoxy) is 1. The fraction of sp³-hybridized carbons (Fsp3) is 0.111. The van der Waals surface area contributed by atoms with Crippen molar-refractivity contribution in [1.82, 2.24) is 9.97 Å². The zero-order chi connectivity index (χ0) is 17.1. The Labute approximate surface area is 137 Å². The minimum Gasteiger partial charge on any atom is -0.451 e. The summed E-state index contributed by atoms with van der Waals surface area (Å²) in [7, 11) is 0. The van der Waals surface area contributed by atoms with Crippen LogP contribution in [0.15, 0.2) is 53.3 Å². The number of rotatable bonds is 4. The average Bonchev–Trinajstić information content (AvgIpc) is 2.61. The SMILES string of the molecule is C[C@H](OC(=O)c1ccc(C=O)cc1)c1nc2ccccc2c(=O)[nH]1. The van der Waals surface area contributed by atoms with Crippen molar-refractivity contribution >= 4 is 23.2 Å². The molecule has 0 spiro atoms. The topological polar surface area (TPSA) is 89.1 Å². The van der Waals surface area contributed by atoms with Gasteiger partial charge in [0.15, 0.2) is 11.9 Å². The van der Waals surface area contributed by atoms with Gasteiger partial charge < -0.3 is 9.72 Å². The van der Waals surface area contributed by atoms with Crippen LogP contribution in [0, 0.1) is 0 Å². The van der Waals surface area contributed by atoms with Crippen LogP contribution in [-0.2, 0) is 4.74 Å². The van der Waals surface area contributed by atoms with E-state index in [1.807, 2.05) is 0 Å². The summed E-state index contributed by atoms with van der Waals surface area (Å²) in [5.74, 6) is -0.285. The molecule has 0 saturated carbocycles. The number of nitrogens with zero attached hydrogens (tertiary/aromatic N) is 1. The fourth-order valence-corrected chi connectivity index (χ4v) is 2.28. The van der Waals surface area contributed by atoms with E-state index < -0.39 is 12.1 Å². The van der Waals surface area contributed by atoms with Gasteiger partial charge in [0.2, 0.25) is 0 Å². The molecule has 0 fully saturated rings. The van der Waals surface area contributed by atoms with Gasteiger partial charge in [-0.15, -0.1) is 0 Å². The lowest BCUT2D eigenvalue weighted by molar-refractivity contribution is 0.0320. The molecule has 120 valence electrons. The molecule has 1 heterocycles. The number of aldehydes is 1. The largest absolute Gasteiger partial charge is 0.451 e. The lowest BCUT2D eigenvalue weighted by Crippen LogP contribution is -2.17. The molecule has 0 bridgehead atoms. The third-order valence-corrected chi connectivity index (χ3v) is 3.58. The highest BCUT2D eigenvalue weighted by atomic mass is 16.5. The van der Waals surface area contributed by atoms with Crippen LogP contribution in [0.5, 0.6) is 0 Å². The molecule has 0 aliphatic rings. The molecule has 0 unspecified atom stereocenters. The van der Waals surface area contributed by atoms with Crippen molar-refractivity contribution in [2.24, 2.45) is 0 Å². The van der Waals surface area contributed by atoms with E-state index in [0.29, 0.717) is 28.3 Å². The number of esters is 1. The smallest absolute Gasteiger partial charge is 0.338 e. The monoisotopic (exact) mass is 322 g/mol. The third-order valence-electron chi connectivity index (χ3n) is 3.58. The van der Waals surface area contributed by atoms with Gasteiger partial charge in [-0.3, -0.25) is 9.59 Å². The molecule has 3 rings (SSSR count). The maximum Gasteiger partial charge on any atom is 0.338 e. The van der Waals surface area contributed by atoms with E-state index in [0.717, 1.165) is 0 Å². The Morgan fingerprint density at radius 2 is 1.88 bits per heavy atom. The second-order valence-electron chi connectivity index (χ2n) is 5.26. The van der Waals surface area contributed by atoms with Crippen LogP contribution < -0.4 is 5.56 Å². The molecule has 0 aliphatic carbocycles. The molecule has 0 aliphatic heterocycles. The molecule has 2 aromatic carbocycles. The number of carbonyl (C=O) groups is 2. The van der Waals surface area contributed by atoms with Gasteiger partial charge in [-0.1, -0.05) is 24.3 Å². The minimum atomic E-state index is -0.722. The molecule has 0 saturated heterocycles. The fourth-order valence-electron chi connectivity index (χ4n) is 2.28. The number of H-pyrrole nitrogens is 1. The predicted octanol–water partition coefficient (Wildman–Crippen LogP) is 2.65. The van der Waals surface area contributed by atoms with Crippen LogP contribution in [-0.4, -0.2) is 22.2 Å². The summed E-state index contributed by atoms with van der Waals surface area (Å²) in [5, 5.41) is 0.476. The van der Waals surface area contributed by atoms with E-state index >= 15 is 0 Å². The standard InChI is InChI=1S/C18H14N2O4/c1-11(24-18(23)13-8-6-12(10-21)7-9-13)16-19-15-5-3-2-4-14(15)17(22)20-16/h2-11H,1H3,(H,19,20,22)/t11-/m0/s1. The molecule has 6 heteroatoms. The Morgan fingerprint density at radius 3 is 2.58 bits per heavy atom. The zero-order valence-electron chi connectivity index (χ0n) is 12.9. The van der Waals surface area contributed by atoms with E-state index in [2.05, 4.69) is 9.97 Å². The van der Waals surface area contributed by atoms with Crippen molar-refractivity contribution < 1.29 is 14.3 Å². The second kappa shape index (κ2) is 6.45. The average molecular weight is 322 g/mol. The van der Waals surface area contributed by atoms with Crippen molar-refractivity contribution in [2.75, 3.05) is 0 Å². The van der Waals surface area contributed by atoms with Crippen LogP contribution in [0.25, 0.3) is 10.9 Å². The van der Waals surface area contributed by atoms with Crippen LogP contribution in [0.1, 0.15) is 39.6 Å². The van der Waals surface area contributed by atoms with Gasteiger partial charge >= 0.3 is 5.97 Å². The second-order valence-corrected chi connectivity index (χ2v) is 5.26. The molecule has 1 atom stereocenters. The quantitative estimate of drug-likeness (QED) is 0.589. The van der Waals surface area contributed by atoms with Gasteiger partial charge in [0.1, 0.15) is 6.29 Å². The highest BCUT2D eigenvalue weighted by Crippen LogP contribution is 2.16. The number of para-hydroxylation sites is 1. The molecule has 3 aromatic rings. The van der Waals surface area contributed by atoms with Gasteiger partial charge in [-0.2, -0.15) is 0 Å². The summed E-state index contributed by atoms with van der Waals surface area (Å²) < 4.78 is 5.34. The number of hydrogen-bond acceptors (Lipinski definition) is 5. The summed E-state index contributed by atoms with van der Waals surface area (Å²) in [6.45, 7) is 1.63. The maximum absolute atomic E-state index is 12.1. The normalized spacial score (nSPS) is 11.9. The molecular weight excluding hydrogens is 308 g/mol. The first kappa shape index (κ1) is 15.6. The van der Waals surface area contributed by atoms with Crippen molar-refractivity contribution in [3.05, 3.63) is 75.8 Å². The van der Waals surface area contributed by atoms with E-state index in [9.17, 15) is 14.4 Å². The molecule has 0 radical (unpaired) electrons. The van der Waals surface area contributed by atoms with Crippen molar-refractivity contribution in [1.29, 1.82) is 0 Å². The van der Waals surface area contributed by atoms with E-state index in [4.69, 9.17) is 4.74 Å². The summed E-state index contributed by atoms with van der Waals surface area (Å²) >= 11 is 0. The maximum atomic E-state index is 12.1. The first-order valence-corrected chi connectivity index (χ1v) is 7.33. The minimum absolute atomic E-state index is 0.275. The van der Waals surface area contributed by atoms with Gasteiger partial charge in [0.05, 0.1) is 16.5 Å². The van der Waals surface area contributed by atoms with Crippen molar-refractivity contribution in [3.63, 3.8) is 0 Å². The van der Waals surface area contributed by atoms with E-state index in [-0.39, 0.29) is 11.4 Å². The van der Waals surface area contributed by atoms with Crippen molar-refractivity contribution in [3.8, 4) is 0 Å². The van der Waals surface area contributed by atoms with Crippen molar-refractivity contribution in [2.45, 2.75) is 13.0 Å². The molecule has 1 aromatic heterocycles. The Kier molecular flexibility index (Phi) is 4.20. The first-order valence-electron chi connectivity index (χ1n) is 7.33. The summed E-state index contributed by atoms with van der Waals surface area (Å²) in [6.07, 6.45) is -0.0258. The number of nitrogens with one attached hydrogen (secondary N) is 1. The van der Waals surface area contributed by atoms with Gasteiger partial charge in [-0.25, -0.2) is 9.78 Å². The van der Waals surface area contributed by atoms with Gasteiger partial charge in [0.25, 0.3) is 5.56 Å². The Hall–Kier alpha value is -3.28. The number of aromatic nitrogens is 2. The van der Waals surface area contributed by atoms with Gasteiger partial charge in [0, 0.05) is 5.56 Å². The van der Waals surface area contributed by atoms with Crippen LogP contribution in [0.3, 0.4) is 0 Å². The lowest BCUT2D eigenvalue weighted by Gasteiger charge is -2.13. The number of aromatic amines is 1. The third kappa shape index (κ3) is 3.08. The highest BCUT2D eigenvalue weighted by Gasteiger charge is 2.16. The van der Waals surface area contributed by atoms with E-state index in [1.165, 1.54) is 24.3 Å². The van der Waals surface area contributed by atoms with Crippen LogP contribution in [0.4, 0.5) is 0 Å². The summed E-state index contributed by atoms with van der Waals surface area (Å²) in [4.78, 5) is 41.8. The highest BCUT2D eigenvalue weighted by molar-refractivity contribution is 5.90. The summed E-state index contributed by atoms with van der Waals surface area (Å²) in [5.41, 5.74) is 1.04. The van der Waals surface area contributed by atoms with E-state index in [1.54, 1.807) is 31.2 Å². The Balaban J connectivity index is 1.83. The molecule has 24 heavy (non-hydrogen) atoms.